The van der Waals surface area contributed by atoms with Crippen molar-refractivity contribution < 1.29 is 61.2 Å². The highest BCUT2D eigenvalue weighted by Crippen LogP contribution is 2.48. The van der Waals surface area contributed by atoms with Crippen molar-refractivity contribution in [2.24, 2.45) is 11.8 Å². The maximum Gasteiger partial charge on any atom is 0.510 e. The summed E-state index contributed by atoms with van der Waals surface area (Å²) in [6.45, 7) is 12.2. The SMILES string of the molecule is CC(C)OC(=O)OCO[P@](=O)(N[C@@H](C)C(=O)OC(C)C)OC[C@H]1O[C@@](C#N)(c2ccc3c(N)ncnn23)[C@H](OC(=O)C(C)C)[C@@H]1OC(=O)C(C)C. The zero-order valence-corrected chi connectivity index (χ0v) is 30.8. The van der Waals surface area contributed by atoms with Crippen molar-refractivity contribution in [2.45, 2.75) is 104 Å². The van der Waals surface area contributed by atoms with Crippen LogP contribution < -0.4 is 10.8 Å². The molecule has 3 heterocycles. The number of nitrogens with zero attached hydrogens (tertiary/aromatic N) is 4. The first-order chi connectivity index (χ1) is 23.8. The fraction of sp³-hybridized carbons (Fsp3) is 0.645. The molecule has 2 aromatic heterocycles. The molecule has 2 aromatic rings. The molecule has 51 heavy (non-hydrogen) atoms. The van der Waals surface area contributed by atoms with Crippen LogP contribution >= 0.6 is 7.75 Å². The molecule has 1 saturated heterocycles. The summed E-state index contributed by atoms with van der Waals surface area (Å²) >= 11 is 0. The minimum atomic E-state index is -4.65. The van der Waals surface area contributed by atoms with E-state index in [0.29, 0.717) is 0 Å². The van der Waals surface area contributed by atoms with Crippen molar-refractivity contribution in [3.63, 3.8) is 0 Å². The normalized spacial score (nSPS) is 22.1. The maximum absolute atomic E-state index is 14.1. The van der Waals surface area contributed by atoms with Gasteiger partial charge in [-0.1, -0.05) is 27.7 Å². The van der Waals surface area contributed by atoms with Crippen LogP contribution in [0.2, 0.25) is 0 Å². The first kappa shape index (κ1) is 41.1. The van der Waals surface area contributed by atoms with Crippen molar-refractivity contribution in [3.05, 3.63) is 24.2 Å². The largest absolute Gasteiger partial charge is 0.510 e. The number of hydrogen-bond donors (Lipinski definition) is 2. The van der Waals surface area contributed by atoms with Crippen molar-refractivity contribution in [2.75, 3.05) is 19.1 Å². The van der Waals surface area contributed by atoms with E-state index in [0.717, 1.165) is 6.33 Å². The molecule has 19 nitrogen and oxygen atoms in total. The summed E-state index contributed by atoms with van der Waals surface area (Å²) in [7, 11) is -4.65. The van der Waals surface area contributed by atoms with Crippen LogP contribution in [0.25, 0.3) is 5.52 Å². The molecule has 3 N–H and O–H groups in total. The second-order valence-electron chi connectivity index (χ2n) is 12.7. The number of esters is 3. The summed E-state index contributed by atoms with van der Waals surface area (Å²) < 4.78 is 59.2. The molecule has 282 valence electrons. The van der Waals surface area contributed by atoms with Crippen LogP contribution in [-0.2, 0) is 62.0 Å². The fourth-order valence-corrected chi connectivity index (χ4v) is 5.95. The Morgan fingerprint density at radius 3 is 2.20 bits per heavy atom. The molecule has 6 atom stereocenters. The lowest BCUT2D eigenvalue weighted by atomic mass is 9.92. The third-order valence-electron chi connectivity index (χ3n) is 7.07. The molecule has 0 saturated carbocycles. The second kappa shape index (κ2) is 17.2. The van der Waals surface area contributed by atoms with Gasteiger partial charge in [0.05, 0.1) is 36.3 Å². The van der Waals surface area contributed by atoms with E-state index in [1.54, 1.807) is 55.4 Å². The van der Waals surface area contributed by atoms with Gasteiger partial charge in [0.15, 0.2) is 18.0 Å². The van der Waals surface area contributed by atoms with Gasteiger partial charge >= 0.3 is 31.8 Å². The van der Waals surface area contributed by atoms with Gasteiger partial charge < -0.3 is 34.2 Å². The number of aromatic nitrogens is 3. The summed E-state index contributed by atoms with van der Waals surface area (Å²) in [5.74, 6) is -3.63. The highest BCUT2D eigenvalue weighted by Gasteiger charge is 2.63. The molecule has 0 spiro atoms. The van der Waals surface area contributed by atoms with E-state index in [4.69, 9.17) is 43.2 Å². The Balaban J connectivity index is 2.08. The number of nitriles is 1. The van der Waals surface area contributed by atoms with E-state index in [1.165, 1.54) is 23.6 Å². The number of nitrogen functional groups attached to an aromatic ring is 1. The van der Waals surface area contributed by atoms with Gasteiger partial charge in [-0.25, -0.2) is 23.9 Å². The fourth-order valence-electron chi connectivity index (χ4n) is 4.61. The van der Waals surface area contributed by atoms with Gasteiger partial charge in [0.1, 0.15) is 30.1 Å². The highest BCUT2D eigenvalue weighted by molar-refractivity contribution is 7.51. The first-order valence-electron chi connectivity index (χ1n) is 16.1. The van der Waals surface area contributed by atoms with Crippen LogP contribution in [-0.4, -0.2) is 88.6 Å². The van der Waals surface area contributed by atoms with Gasteiger partial charge in [0, 0.05) is 0 Å². The van der Waals surface area contributed by atoms with Crippen molar-refractivity contribution in [1.82, 2.24) is 19.7 Å². The monoisotopic (exact) mass is 740 g/mol. The van der Waals surface area contributed by atoms with Crippen LogP contribution in [0.4, 0.5) is 10.6 Å². The molecule has 0 aromatic carbocycles. The van der Waals surface area contributed by atoms with E-state index in [2.05, 4.69) is 21.2 Å². The molecule has 0 radical (unpaired) electrons. The molecule has 0 unspecified atom stereocenters. The Morgan fingerprint density at radius 1 is 0.980 bits per heavy atom. The van der Waals surface area contributed by atoms with Crippen molar-refractivity contribution in [3.8, 4) is 6.07 Å². The predicted octanol–water partition coefficient (Wildman–Crippen LogP) is 3.15. The average Bonchev–Trinajstić information content (AvgIpc) is 3.60. The lowest BCUT2D eigenvalue weighted by Crippen LogP contribution is -2.47. The molecular weight excluding hydrogens is 695 g/mol. The zero-order valence-electron chi connectivity index (χ0n) is 29.9. The van der Waals surface area contributed by atoms with Crippen molar-refractivity contribution >= 4 is 43.1 Å². The number of anilines is 1. The third kappa shape index (κ3) is 10.1. The maximum atomic E-state index is 14.1. The number of nitrogens with one attached hydrogen (secondary N) is 1. The van der Waals surface area contributed by atoms with E-state index in [9.17, 15) is 29.0 Å². The number of rotatable bonds is 16. The van der Waals surface area contributed by atoms with E-state index in [1.807, 2.05) is 0 Å². The van der Waals surface area contributed by atoms with Gasteiger partial charge in [-0.15, -0.1) is 0 Å². The van der Waals surface area contributed by atoms with Gasteiger partial charge in [-0.2, -0.15) is 10.4 Å². The summed E-state index contributed by atoms with van der Waals surface area (Å²) in [5.41, 5.74) is 4.13. The molecular formula is C31H45N6O13P. The molecule has 1 aliphatic rings. The van der Waals surface area contributed by atoms with E-state index in [-0.39, 0.29) is 17.0 Å². The Kier molecular flexibility index (Phi) is 13.9. The smallest absolute Gasteiger partial charge is 0.462 e. The van der Waals surface area contributed by atoms with Gasteiger partial charge in [0.25, 0.3) is 0 Å². The quantitative estimate of drug-likeness (QED) is 0.108. The van der Waals surface area contributed by atoms with Crippen LogP contribution in [0, 0.1) is 23.2 Å². The molecule has 0 amide bonds. The summed E-state index contributed by atoms with van der Waals surface area (Å²) in [6, 6.07) is 3.74. The number of nitrogens with two attached hydrogens (primary N) is 1. The molecule has 1 aliphatic heterocycles. The summed E-state index contributed by atoms with van der Waals surface area (Å²) in [6.07, 6.45) is -5.70. The average molecular weight is 741 g/mol. The Morgan fingerprint density at radius 2 is 1.61 bits per heavy atom. The highest BCUT2D eigenvalue weighted by atomic mass is 31.2. The Bertz CT molecular complexity index is 1660. The number of carbonyl (C=O) groups is 4. The summed E-state index contributed by atoms with van der Waals surface area (Å²) in [4.78, 5) is 54.7. The standard InChI is InChI=1S/C31H45N6O13P/c1-16(2)27(38)48-24-22(12-44-51(42,36-20(9)29(40)46-18(5)6)45-15-43-30(41)47-19(7)8)50-31(13-32,25(24)49-28(39)17(3)4)23-11-10-21-26(33)34-14-35-37(21)23/h10-11,14,16-20,22,24-25H,12,15H2,1-9H3,(H,36,42)(H2,33,34,35)/t20-,22+,24+,25+,31-,51-/m0/s1. The minimum Gasteiger partial charge on any atom is -0.462 e. The van der Waals surface area contributed by atoms with Crippen LogP contribution in [0.5, 0.6) is 0 Å². The third-order valence-corrected chi connectivity index (χ3v) is 8.70. The Hall–Kier alpha value is -4.34. The molecule has 20 heteroatoms. The van der Waals surface area contributed by atoms with Gasteiger partial charge in [0.2, 0.25) is 12.4 Å². The topological polar surface area (TPSA) is 251 Å². The van der Waals surface area contributed by atoms with E-state index < -0.39 is 99.2 Å². The van der Waals surface area contributed by atoms with Gasteiger partial charge in [-0.05, 0) is 46.8 Å². The second-order valence-corrected chi connectivity index (χ2v) is 14.4. The lowest BCUT2D eigenvalue weighted by Gasteiger charge is -2.29. The van der Waals surface area contributed by atoms with E-state index >= 15 is 0 Å². The number of hydrogen-bond acceptors (Lipinski definition) is 17. The van der Waals surface area contributed by atoms with Crippen LogP contribution in [0.1, 0.15) is 68.0 Å². The lowest BCUT2D eigenvalue weighted by molar-refractivity contribution is -0.173. The molecule has 0 aliphatic carbocycles. The Labute approximate surface area is 294 Å². The zero-order chi connectivity index (χ0) is 38.3. The molecule has 1 fully saturated rings. The summed E-state index contributed by atoms with van der Waals surface area (Å²) in [5, 5.41) is 17.4. The first-order valence-corrected chi connectivity index (χ1v) is 17.7. The number of carbonyl (C=O) groups excluding carboxylic acids is 4. The molecule has 0 bridgehead atoms. The number of fused-ring (bicyclic) bond motifs is 1. The number of ether oxygens (including phenoxy) is 6. The molecule has 3 rings (SSSR count). The van der Waals surface area contributed by atoms with Crippen LogP contribution in [0.15, 0.2) is 18.5 Å². The minimum absolute atomic E-state index is 0.0310. The predicted molar refractivity (Wildman–Crippen MR) is 175 cm³/mol. The van der Waals surface area contributed by atoms with Crippen LogP contribution in [0.3, 0.4) is 0 Å². The van der Waals surface area contributed by atoms with Gasteiger partial charge in [-0.3, -0.25) is 23.4 Å². The van der Waals surface area contributed by atoms with Crippen molar-refractivity contribution in [1.29, 1.82) is 5.26 Å².